The van der Waals surface area contributed by atoms with Gasteiger partial charge in [0.25, 0.3) is 0 Å². The van der Waals surface area contributed by atoms with Crippen molar-refractivity contribution in [3.8, 4) is 6.07 Å². The van der Waals surface area contributed by atoms with E-state index in [2.05, 4.69) is 11.4 Å². The predicted octanol–water partition coefficient (Wildman–Crippen LogP) is 1.77. The van der Waals surface area contributed by atoms with Crippen molar-refractivity contribution in [3.05, 3.63) is 29.8 Å². The summed E-state index contributed by atoms with van der Waals surface area (Å²) < 4.78 is 10.6. The van der Waals surface area contributed by atoms with Crippen LogP contribution in [0.4, 0.5) is 5.69 Å². The van der Waals surface area contributed by atoms with Crippen molar-refractivity contribution < 1.29 is 14.6 Å². The molecule has 0 radical (unpaired) electrons. The van der Waals surface area contributed by atoms with E-state index in [-0.39, 0.29) is 12.7 Å². The average molecular weight is 278 g/mol. The van der Waals surface area contributed by atoms with Gasteiger partial charge >= 0.3 is 0 Å². The molecule has 1 rings (SSSR count). The smallest absolute Gasteiger partial charge is 0.0991 e. The normalized spacial score (nSPS) is 12.2. The Morgan fingerprint density at radius 2 is 1.95 bits per heavy atom. The van der Waals surface area contributed by atoms with Crippen LogP contribution in [0.5, 0.6) is 0 Å². The van der Waals surface area contributed by atoms with Crippen LogP contribution in [0.1, 0.15) is 19.4 Å². The van der Waals surface area contributed by atoms with Crippen molar-refractivity contribution in [2.24, 2.45) is 0 Å². The summed E-state index contributed by atoms with van der Waals surface area (Å²) in [5.41, 5.74) is 1.48. The Morgan fingerprint density at radius 3 is 2.55 bits per heavy atom. The van der Waals surface area contributed by atoms with Crippen molar-refractivity contribution in [2.75, 3.05) is 31.7 Å². The molecule has 0 spiro atoms. The molecule has 1 unspecified atom stereocenters. The quantitative estimate of drug-likeness (QED) is 0.673. The van der Waals surface area contributed by atoms with Crippen LogP contribution in [0.2, 0.25) is 0 Å². The van der Waals surface area contributed by atoms with Gasteiger partial charge in [0.15, 0.2) is 0 Å². The van der Waals surface area contributed by atoms with E-state index in [0.29, 0.717) is 25.3 Å². The molecule has 0 saturated heterocycles. The van der Waals surface area contributed by atoms with E-state index < -0.39 is 6.10 Å². The third kappa shape index (κ3) is 7.10. The fraction of sp³-hybridized carbons (Fsp3) is 0.533. The Kier molecular flexibility index (Phi) is 7.66. The highest BCUT2D eigenvalue weighted by atomic mass is 16.5. The molecule has 0 amide bonds. The molecule has 110 valence electrons. The Balaban J connectivity index is 2.13. The predicted molar refractivity (Wildman–Crippen MR) is 77.6 cm³/mol. The first kappa shape index (κ1) is 16.4. The monoisotopic (exact) mass is 278 g/mol. The summed E-state index contributed by atoms with van der Waals surface area (Å²) in [6.07, 6.45) is -0.383. The molecule has 0 fully saturated rings. The maximum atomic E-state index is 9.74. The number of aliphatic hydroxyl groups excluding tert-OH is 1. The third-order valence-electron chi connectivity index (χ3n) is 2.54. The van der Waals surface area contributed by atoms with Crippen molar-refractivity contribution in [1.82, 2.24) is 0 Å². The summed E-state index contributed by atoms with van der Waals surface area (Å²) in [6.45, 7) is 5.62. The third-order valence-corrected chi connectivity index (χ3v) is 2.54. The van der Waals surface area contributed by atoms with Crippen molar-refractivity contribution in [2.45, 2.75) is 26.1 Å². The summed E-state index contributed by atoms with van der Waals surface area (Å²) in [4.78, 5) is 0. The van der Waals surface area contributed by atoms with Crippen molar-refractivity contribution in [3.63, 3.8) is 0 Å². The number of nitrogens with zero attached hydrogens (tertiary/aromatic N) is 1. The van der Waals surface area contributed by atoms with Crippen molar-refractivity contribution in [1.29, 1.82) is 5.26 Å². The Morgan fingerprint density at radius 1 is 1.25 bits per heavy atom. The molecule has 1 aromatic carbocycles. The molecule has 0 aliphatic heterocycles. The molecule has 1 aromatic rings. The molecule has 0 aliphatic rings. The Hall–Kier alpha value is -1.61. The number of rotatable bonds is 9. The average Bonchev–Trinajstić information content (AvgIpc) is 2.45. The topological polar surface area (TPSA) is 74.5 Å². The van der Waals surface area contributed by atoms with E-state index in [1.165, 1.54) is 0 Å². The second-order valence-electron chi connectivity index (χ2n) is 4.72. The van der Waals surface area contributed by atoms with Gasteiger partial charge in [-0.2, -0.15) is 5.26 Å². The number of nitriles is 1. The van der Waals surface area contributed by atoms with Gasteiger partial charge in [0.05, 0.1) is 43.7 Å². The first-order valence-corrected chi connectivity index (χ1v) is 6.73. The molecule has 2 N–H and O–H groups in total. The fourth-order valence-corrected chi connectivity index (χ4v) is 1.52. The molecule has 0 aromatic heterocycles. The molecule has 5 nitrogen and oxygen atoms in total. The second kappa shape index (κ2) is 9.32. The van der Waals surface area contributed by atoms with Gasteiger partial charge < -0.3 is 19.9 Å². The molecular formula is C15H22N2O3. The van der Waals surface area contributed by atoms with Gasteiger partial charge in [0.1, 0.15) is 0 Å². The van der Waals surface area contributed by atoms with Crippen molar-refractivity contribution >= 4 is 5.69 Å². The van der Waals surface area contributed by atoms with Gasteiger partial charge in [0, 0.05) is 12.2 Å². The molecule has 0 saturated carbocycles. The zero-order valence-corrected chi connectivity index (χ0v) is 12.0. The van der Waals surface area contributed by atoms with Crippen LogP contribution in [0.3, 0.4) is 0 Å². The summed E-state index contributed by atoms with van der Waals surface area (Å²) in [5, 5.41) is 21.5. The standard InChI is InChI=1S/C15H22N2O3/c1-12(2)20-8-7-19-11-15(18)10-17-14-5-3-13(9-16)4-6-14/h3-6,12,15,17-18H,7-8,10-11H2,1-2H3. The van der Waals surface area contributed by atoms with E-state index in [0.717, 1.165) is 5.69 Å². The number of ether oxygens (including phenoxy) is 2. The summed E-state index contributed by atoms with van der Waals surface area (Å²) >= 11 is 0. The lowest BCUT2D eigenvalue weighted by Crippen LogP contribution is -2.25. The fourth-order valence-electron chi connectivity index (χ4n) is 1.52. The van der Waals surface area contributed by atoms with Crippen LogP contribution < -0.4 is 5.32 Å². The molecule has 0 aliphatic carbocycles. The molecular weight excluding hydrogens is 256 g/mol. The first-order valence-electron chi connectivity index (χ1n) is 6.73. The Bertz CT molecular complexity index is 412. The summed E-state index contributed by atoms with van der Waals surface area (Å²) in [6, 6.07) is 9.14. The number of hydrogen-bond acceptors (Lipinski definition) is 5. The molecule has 20 heavy (non-hydrogen) atoms. The van der Waals surface area contributed by atoms with E-state index in [1.807, 2.05) is 26.0 Å². The SMILES string of the molecule is CC(C)OCCOCC(O)CNc1ccc(C#N)cc1. The van der Waals surface area contributed by atoms with Crippen LogP contribution in [0, 0.1) is 11.3 Å². The largest absolute Gasteiger partial charge is 0.389 e. The maximum absolute atomic E-state index is 9.74. The minimum absolute atomic E-state index is 0.196. The van der Waals surface area contributed by atoms with Crippen LogP contribution in [0.25, 0.3) is 0 Å². The molecule has 1 atom stereocenters. The number of benzene rings is 1. The van der Waals surface area contributed by atoms with E-state index in [4.69, 9.17) is 14.7 Å². The van der Waals surface area contributed by atoms with Gasteiger partial charge in [-0.05, 0) is 38.1 Å². The van der Waals surface area contributed by atoms with E-state index in [9.17, 15) is 5.11 Å². The summed E-state index contributed by atoms with van der Waals surface area (Å²) in [7, 11) is 0. The van der Waals surface area contributed by atoms with Crippen LogP contribution in [0.15, 0.2) is 24.3 Å². The zero-order valence-electron chi connectivity index (χ0n) is 12.0. The highest BCUT2D eigenvalue weighted by molar-refractivity contribution is 5.47. The maximum Gasteiger partial charge on any atom is 0.0991 e. The van der Waals surface area contributed by atoms with Gasteiger partial charge in [0.2, 0.25) is 0 Å². The zero-order chi connectivity index (χ0) is 14.8. The minimum atomic E-state index is -0.579. The van der Waals surface area contributed by atoms with Gasteiger partial charge in [-0.1, -0.05) is 0 Å². The highest BCUT2D eigenvalue weighted by Gasteiger charge is 2.04. The number of hydrogen-bond donors (Lipinski definition) is 2. The van der Waals surface area contributed by atoms with Crippen LogP contribution in [-0.2, 0) is 9.47 Å². The minimum Gasteiger partial charge on any atom is -0.389 e. The lowest BCUT2D eigenvalue weighted by atomic mass is 10.2. The van der Waals surface area contributed by atoms with Crippen LogP contribution >= 0.6 is 0 Å². The summed E-state index contributed by atoms with van der Waals surface area (Å²) in [5.74, 6) is 0. The number of aliphatic hydroxyl groups is 1. The van der Waals surface area contributed by atoms with E-state index in [1.54, 1.807) is 12.1 Å². The van der Waals surface area contributed by atoms with Gasteiger partial charge in [-0.3, -0.25) is 0 Å². The number of nitrogens with one attached hydrogen (secondary N) is 1. The lowest BCUT2D eigenvalue weighted by molar-refractivity contribution is -0.00734. The highest BCUT2D eigenvalue weighted by Crippen LogP contribution is 2.08. The molecule has 0 heterocycles. The first-order chi connectivity index (χ1) is 9.61. The second-order valence-corrected chi connectivity index (χ2v) is 4.72. The van der Waals surface area contributed by atoms with E-state index >= 15 is 0 Å². The van der Waals surface area contributed by atoms with Gasteiger partial charge in [-0.15, -0.1) is 0 Å². The molecule has 5 heteroatoms. The Labute approximate surface area is 120 Å². The lowest BCUT2D eigenvalue weighted by Gasteiger charge is -2.14. The van der Waals surface area contributed by atoms with Gasteiger partial charge in [-0.25, -0.2) is 0 Å². The number of anilines is 1. The molecule has 0 bridgehead atoms. The van der Waals surface area contributed by atoms with Crippen LogP contribution in [-0.4, -0.2) is 43.7 Å².